The van der Waals surface area contributed by atoms with Crippen molar-refractivity contribution in [1.29, 1.82) is 0 Å². The van der Waals surface area contributed by atoms with Crippen LogP contribution in [0.3, 0.4) is 0 Å². The Morgan fingerprint density at radius 3 is 2.50 bits per heavy atom. The van der Waals surface area contributed by atoms with Crippen LogP contribution in [-0.4, -0.2) is 34.2 Å². The van der Waals surface area contributed by atoms with Crippen molar-refractivity contribution in [2.24, 2.45) is 0 Å². The molecular formula is C19H24N2O4S. The summed E-state index contributed by atoms with van der Waals surface area (Å²) >= 11 is 0. The van der Waals surface area contributed by atoms with Crippen molar-refractivity contribution in [1.82, 2.24) is 5.32 Å². The van der Waals surface area contributed by atoms with Gasteiger partial charge in [0, 0.05) is 12.1 Å². The molecule has 2 aromatic carbocycles. The summed E-state index contributed by atoms with van der Waals surface area (Å²) in [4.78, 5) is 12.4. The van der Waals surface area contributed by atoms with Gasteiger partial charge < -0.3 is 10.1 Å². The molecular weight excluding hydrogens is 352 g/mol. The van der Waals surface area contributed by atoms with Crippen molar-refractivity contribution < 1.29 is 17.9 Å². The number of anilines is 1. The number of carbonyl (C=O) groups is 1. The van der Waals surface area contributed by atoms with E-state index in [0.717, 1.165) is 28.7 Å². The average molecular weight is 376 g/mol. The molecule has 2 N–H and O–H groups in total. The maximum absolute atomic E-state index is 12.4. The van der Waals surface area contributed by atoms with E-state index in [2.05, 4.69) is 10.0 Å². The predicted molar refractivity (Wildman–Crippen MR) is 103 cm³/mol. The Bertz CT molecular complexity index is 908. The molecule has 0 aliphatic carbocycles. The molecule has 0 saturated heterocycles. The lowest BCUT2D eigenvalue weighted by Crippen LogP contribution is -2.26. The number of ether oxygens (including phenoxy) is 1. The van der Waals surface area contributed by atoms with Gasteiger partial charge in [-0.15, -0.1) is 0 Å². The fourth-order valence-electron chi connectivity index (χ4n) is 2.59. The first kappa shape index (κ1) is 19.8. The molecule has 0 spiro atoms. The molecule has 0 saturated carbocycles. The fourth-order valence-corrected chi connectivity index (χ4v) is 3.21. The Labute approximate surface area is 154 Å². The molecule has 0 aromatic heterocycles. The largest absolute Gasteiger partial charge is 0.496 e. The van der Waals surface area contributed by atoms with Crippen molar-refractivity contribution >= 4 is 21.6 Å². The van der Waals surface area contributed by atoms with Crippen LogP contribution in [0, 0.1) is 13.8 Å². The predicted octanol–water partition coefficient (Wildman–Crippen LogP) is 2.66. The van der Waals surface area contributed by atoms with Crippen molar-refractivity contribution in [2.75, 3.05) is 24.6 Å². The van der Waals surface area contributed by atoms with E-state index < -0.39 is 10.0 Å². The van der Waals surface area contributed by atoms with Crippen molar-refractivity contribution in [3.8, 4) is 5.75 Å². The molecule has 2 aromatic rings. The van der Waals surface area contributed by atoms with Gasteiger partial charge in [-0.05, 0) is 49.6 Å². The van der Waals surface area contributed by atoms with Gasteiger partial charge in [0.05, 0.1) is 19.1 Å². The minimum Gasteiger partial charge on any atom is -0.496 e. The van der Waals surface area contributed by atoms with E-state index in [-0.39, 0.29) is 5.91 Å². The summed E-state index contributed by atoms with van der Waals surface area (Å²) in [6.45, 7) is 4.23. The van der Waals surface area contributed by atoms with Crippen LogP contribution in [0.2, 0.25) is 0 Å². The van der Waals surface area contributed by atoms with E-state index in [1.807, 2.05) is 25.1 Å². The summed E-state index contributed by atoms with van der Waals surface area (Å²) in [5, 5.41) is 2.86. The zero-order valence-corrected chi connectivity index (χ0v) is 16.2. The Kier molecular flexibility index (Phi) is 6.26. The van der Waals surface area contributed by atoms with Crippen LogP contribution >= 0.6 is 0 Å². The minimum absolute atomic E-state index is 0.256. The zero-order chi connectivity index (χ0) is 19.3. The van der Waals surface area contributed by atoms with Crippen LogP contribution in [0.5, 0.6) is 5.75 Å². The molecule has 0 aliphatic heterocycles. The Morgan fingerprint density at radius 2 is 1.85 bits per heavy atom. The lowest BCUT2D eigenvalue weighted by molar-refractivity contribution is 0.0954. The number of nitrogens with one attached hydrogen (secondary N) is 2. The first-order valence-electron chi connectivity index (χ1n) is 8.20. The van der Waals surface area contributed by atoms with Crippen molar-refractivity contribution in [2.45, 2.75) is 20.3 Å². The number of benzene rings is 2. The van der Waals surface area contributed by atoms with Gasteiger partial charge in [0.25, 0.3) is 5.91 Å². The maximum Gasteiger partial charge on any atom is 0.251 e. The highest BCUT2D eigenvalue weighted by Crippen LogP contribution is 2.20. The van der Waals surface area contributed by atoms with Crippen molar-refractivity contribution in [3.05, 3.63) is 58.7 Å². The number of aryl methyl sites for hydroxylation is 2. The number of amides is 1. The van der Waals surface area contributed by atoms with Crippen LogP contribution in [0.4, 0.5) is 5.69 Å². The van der Waals surface area contributed by atoms with Gasteiger partial charge in [-0.1, -0.05) is 23.8 Å². The topological polar surface area (TPSA) is 84.5 Å². The van der Waals surface area contributed by atoms with E-state index in [9.17, 15) is 13.2 Å². The highest BCUT2D eigenvalue weighted by Gasteiger charge is 2.11. The maximum atomic E-state index is 12.4. The smallest absolute Gasteiger partial charge is 0.251 e. The molecule has 0 bridgehead atoms. The second kappa shape index (κ2) is 8.23. The summed E-state index contributed by atoms with van der Waals surface area (Å²) < 4.78 is 30.6. The quantitative estimate of drug-likeness (QED) is 0.778. The number of sulfonamides is 1. The third-order valence-electron chi connectivity index (χ3n) is 3.91. The van der Waals surface area contributed by atoms with Crippen LogP contribution in [0.25, 0.3) is 0 Å². The third-order valence-corrected chi connectivity index (χ3v) is 4.50. The lowest BCUT2D eigenvalue weighted by Gasteiger charge is -2.12. The van der Waals surface area contributed by atoms with Gasteiger partial charge in [-0.2, -0.15) is 0 Å². The van der Waals surface area contributed by atoms with E-state index in [0.29, 0.717) is 24.2 Å². The van der Waals surface area contributed by atoms with Crippen LogP contribution in [0.15, 0.2) is 36.4 Å². The third kappa shape index (κ3) is 5.49. The Hall–Kier alpha value is -2.54. The molecule has 7 heteroatoms. The summed E-state index contributed by atoms with van der Waals surface area (Å²) in [7, 11) is -1.78. The van der Waals surface area contributed by atoms with Gasteiger partial charge in [0.2, 0.25) is 10.0 Å². The standard InChI is InChI=1S/C19H24N2O4S/c1-13-5-8-18(25-3)15(11-13)9-10-20-19(22)16-7-6-14(2)17(12-16)21-26(4,23)24/h5-8,11-12,21H,9-10H2,1-4H3,(H,20,22). The number of hydrogen-bond donors (Lipinski definition) is 2. The van der Waals surface area contributed by atoms with E-state index in [1.54, 1.807) is 32.2 Å². The number of rotatable bonds is 7. The molecule has 0 radical (unpaired) electrons. The second-order valence-corrected chi connectivity index (χ2v) is 7.97. The highest BCUT2D eigenvalue weighted by molar-refractivity contribution is 7.92. The number of carbonyl (C=O) groups excluding carboxylic acids is 1. The molecule has 0 heterocycles. The van der Waals surface area contributed by atoms with Gasteiger partial charge in [0.15, 0.2) is 0 Å². The summed E-state index contributed by atoms with van der Waals surface area (Å²) in [6.07, 6.45) is 1.71. The average Bonchev–Trinajstić information content (AvgIpc) is 2.55. The lowest BCUT2D eigenvalue weighted by atomic mass is 10.1. The Morgan fingerprint density at radius 1 is 1.12 bits per heavy atom. The molecule has 140 valence electrons. The van der Waals surface area contributed by atoms with Gasteiger partial charge in [0.1, 0.15) is 5.75 Å². The SMILES string of the molecule is COc1ccc(C)cc1CCNC(=O)c1ccc(C)c(NS(C)(=O)=O)c1. The van der Waals surface area contributed by atoms with Crippen LogP contribution < -0.4 is 14.8 Å². The molecule has 0 fully saturated rings. The van der Waals surface area contributed by atoms with E-state index in [4.69, 9.17) is 4.74 Å². The fraction of sp³-hybridized carbons (Fsp3) is 0.316. The first-order valence-corrected chi connectivity index (χ1v) is 10.1. The second-order valence-electron chi connectivity index (χ2n) is 6.23. The first-order chi connectivity index (χ1) is 12.2. The normalized spacial score (nSPS) is 11.1. The van der Waals surface area contributed by atoms with E-state index >= 15 is 0 Å². The monoisotopic (exact) mass is 376 g/mol. The summed E-state index contributed by atoms with van der Waals surface area (Å²) in [6, 6.07) is 10.8. The van der Waals surface area contributed by atoms with Crippen molar-refractivity contribution in [3.63, 3.8) is 0 Å². The Balaban J connectivity index is 2.04. The number of hydrogen-bond acceptors (Lipinski definition) is 4. The summed E-state index contributed by atoms with van der Waals surface area (Å²) in [5.41, 5.74) is 3.70. The van der Waals surface area contributed by atoms with Crippen LogP contribution in [-0.2, 0) is 16.4 Å². The molecule has 2 rings (SSSR count). The molecule has 0 unspecified atom stereocenters. The van der Waals surface area contributed by atoms with E-state index in [1.165, 1.54) is 0 Å². The van der Waals surface area contributed by atoms with Gasteiger partial charge in [-0.25, -0.2) is 8.42 Å². The molecule has 0 aliphatic rings. The van der Waals surface area contributed by atoms with Gasteiger partial charge in [-0.3, -0.25) is 9.52 Å². The number of methoxy groups -OCH3 is 1. The minimum atomic E-state index is -3.40. The molecule has 6 nitrogen and oxygen atoms in total. The summed E-state index contributed by atoms with van der Waals surface area (Å²) in [5.74, 6) is 0.535. The highest BCUT2D eigenvalue weighted by atomic mass is 32.2. The molecule has 0 atom stereocenters. The molecule has 1 amide bonds. The zero-order valence-electron chi connectivity index (χ0n) is 15.4. The molecule has 26 heavy (non-hydrogen) atoms. The van der Waals surface area contributed by atoms with Crippen LogP contribution in [0.1, 0.15) is 27.0 Å². The van der Waals surface area contributed by atoms with Gasteiger partial charge >= 0.3 is 0 Å².